The zero-order chi connectivity index (χ0) is 11.1. The van der Waals surface area contributed by atoms with Gasteiger partial charge in [-0.25, -0.2) is 0 Å². The Bertz CT molecular complexity index is 189. The van der Waals surface area contributed by atoms with Gasteiger partial charge < -0.3 is 4.74 Å². The molecule has 2 heteroatoms. The molecule has 15 heavy (non-hydrogen) atoms. The molecule has 1 rings (SSSR count). The van der Waals surface area contributed by atoms with Crippen LogP contribution in [0.2, 0.25) is 0 Å². The molecule has 0 aliphatic carbocycles. The maximum atomic E-state index is 11.4. The van der Waals surface area contributed by atoms with E-state index in [1.807, 2.05) is 6.92 Å². The average molecular weight is 212 g/mol. The summed E-state index contributed by atoms with van der Waals surface area (Å²) in [4.78, 5) is 11.4. The number of hydrogen-bond donors (Lipinski definition) is 0. The third-order valence-electron chi connectivity index (χ3n) is 3.22. The summed E-state index contributed by atoms with van der Waals surface area (Å²) in [5.74, 6) is 0.825. The summed E-state index contributed by atoms with van der Waals surface area (Å²) in [6.07, 6.45) is 8.99. The Morgan fingerprint density at radius 3 is 2.33 bits per heavy atom. The fourth-order valence-electron chi connectivity index (χ4n) is 2.17. The van der Waals surface area contributed by atoms with Crippen molar-refractivity contribution in [1.29, 1.82) is 0 Å². The lowest BCUT2D eigenvalue weighted by atomic mass is 9.96. The number of carbonyl (C=O) groups is 1. The van der Waals surface area contributed by atoms with Gasteiger partial charge in [-0.15, -0.1) is 0 Å². The highest BCUT2D eigenvalue weighted by Crippen LogP contribution is 2.19. The molecule has 1 heterocycles. The van der Waals surface area contributed by atoms with Crippen LogP contribution in [-0.4, -0.2) is 12.1 Å². The van der Waals surface area contributed by atoms with E-state index >= 15 is 0 Å². The average Bonchev–Trinajstić information content (AvgIpc) is 2.18. The predicted octanol–water partition coefficient (Wildman–Crippen LogP) is 3.69. The molecule has 0 saturated carbocycles. The van der Waals surface area contributed by atoms with Gasteiger partial charge in [0.15, 0.2) is 6.10 Å². The van der Waals surface area contributed by atoms with Gasteiger partial charge in [0.05, 0.1) is 0 Å². The second-order valence-corrected chi connectivity index (χ2v) is 4.94. The summed E-state index contributed by atoms with van der Waals surface area (Å²) in [5.41, 5.74) is 0. The Morgan fingerprint density at radius 1 is 1.00 bits per heavy atom. The highest BCUT2D eigenvalue weighted by Gasteiger charge is 2.21. The van der Waals surface area contributed by atoms with E-state index in [9.17, 15) is 4.79 Å². The van der Waals surface area contributed by atoms with Gasteiger partial charge in [-0.05, 0) is 25.7 Å². The Morgan fingerprint density at radius 2 is 1.60 bits per heavy atom. The lowest BCUT2D eigenvalue weighted by Gasteiger charge is -2.12. The lowest BCUT2D eigenvalue weighted by Crippen LogP contribution is -2.15. The molecule has 1 aliphatic rings. The Balaban J connectivity index is 2.33. The molecule has 2 nitrogen and oxygen atoms in total. The van der Waals surface area contributed by atoms with Gasteiger partial charge in [-0.2, -0.15) is 0 Å². The van der Waals surface area contributed by atoms with E-state index in [4.69, 9.17) is 4.74 Å². The first-order valence-corrected chi connectivity index (χ1v) is 6.38. The number of hydrogen-bond acceptors (Lipinski definition) is 2. The van der Waals surface area contributed by atoms with Crippen molar-refractivity contribution >= 4 is 5.97 Å². The van der Waals surface area contributed by atoms with Crippen LogP contribution < -0.4 is 0 Å². The predicted molar refractivity (Wildman–Crippen MR) is 61.7 cm³/mol. The number of rotatable bonds is 0. The Labute approximate surface area is 93.4 Å². The minimum absolute atomic E-state index is 0.00396. The Hall–Kier alpha value is -0.530. The first kappa shape index (κ1) is 12.5. The first-order chi connectivity index (χ1) is 7.18. The zero-order valence-electron chi connectivity index (χ0n) is 10.1. The number of ether oxygens (including phenoxy) is 1. The van der Waals surface area contributed by atoms with E-state index in [0.717, 1.165) is 18.8 Å². The topological polar surface area (TPSA) is 28.4 Å². The fraction of sp³-hybridized carbons (Fsp3) is 0.923. The third kappa shape index (κ3) is 5.81. The monoisotopic (exact) mass is 212 g/mol. The van der Waals surface area contributed by atoms with Crippen molar-refractivity contribution in [2.45, 2.75) is 71.3 Å². The fourth-order valence-corrected chi connectivity index (χ4v) is 2.17. The second kappa shape index (κ2) is 6.86. The van der Waals surface area contributed by atoms with Crippen LogP contribution in [0.5, 0.6) is 0 Å². The largest absolute Gasteiger partial charge is 0.574 e. The molecule has 0 spiro atoms. The van der Waals surface area contributed by atoms with Crippen molar-refractivity contribution in [2.75, 3.05) is 0 Å². The van der Waals surface area contributed by atoms with Gasteiger partial charge in [0.1, 0.15) is 6.42 Å². The highest BCUT2D eigenvalue weighted by molar-refractivity contribution is 5.69. The lowest BCUT2D eigenvalue weighted by molar-refractivity contribution is -0.148. The normalized spacial score (nSPS) is 31.2. The van der Waals surface area contributed by atoms with Crippen molar-refractivity contribution in [2.24, 2.45) is 5.92 Å². The molecule has 0 aromatic heterocycles. The SMILES string of the molecule is CC1CCCCC(=O)[O+]C(C)CCCC1. The molecule has 1 radical (unpaired) electrons. The number of carbonyl (C=O) groups excluding carboxylic acids is 1. The molecule has 2 atom stereocenters. The highest BCUT2D eigenvalue weighted by atomic mass is 16.5. The van der Waals surface area contributed by atoms with E-state index in [1.54, 1.807) is 0 Å². The van der Waals surface area contributed by atoms with Crippen molar-refractivity contribution in [3.63, 3.8) is 0 Å². The van der Waals surface area contributed by atoms with Gasteiger partial charge >= 0.3 is 5.97 Å². The van der Waals surface area contributed by atoms with Gasteiger partial charge in [0.25, 0.3) is 0 Å². The van der Waals surface area contributed by atoms with E-state index in [1.165, 1.54) is 32.1 Å². The smallest absolute Gasteiger partial charge is 0.314 e. The molecule has 0 bridgehead atoms. The molecule has 0 amide bonds. The number of esters is 1. The van der Waals surface area contributed by atoms with Crippen LogP contribution in [-0.2, 0) is 9.53 Å². The molecule has 1 fully saturated rings. The van der Waals surface area contributed by atoms with Crippen molar-refractivity contribution in [1.82, 2.24) is 0 Å². The van der Waals surface area contributed by atoms with Gasteiger partial charge in [-0.3, -0.25) is 0 Å². The summed E-state index contributed by atoms with van der Waals surface area (Å²) in [6, 6.07) is 0. The van der Waals surface area contributed by atoms with Crippen LogP contribution in [0.25, 0.3) is 0 Å². The van der Waals surface area contributed by atoms with E-state index in [-0.39, 0.29) is 12.1 Å². The maximum Gasteiger partial charge on any atom is 0.574 e. The quantitative estimate of drug-likeness (QED) is 0.452. The standard InChI is InChI=1S/C13H24O2/c1-11-7-3-5-9-12(2)15-13(14)10-6-4-8-11/h11-12H,3-10H2,1-2H3/q+1. The summed E-state index contributed by atoms with van der Waals surface area (Å²) in [6.45, 7) is 4.33. The first-order valence-electron chi connectivity index (χ1n) is 6.38. The van der Waals surface area contributed by atoms with E-state index in [0.29, 0.717) is 6.42 Å². The Kier molecular flexibility index (Phi) is 5.74. The second-order valence-electron chi connectivity index (χ2n) is 4.94. The van der Waals surface area contributed by atoms with Gasteiger partial charge in [-0.1, -0.05) is 32.6 Å². The van der Waals surface area contributed by atoms with Crippen molar-refractivity contribution in [3.8, 4) is 0 Å². The van der Waals surface area contributed by atoms with Crippen LogP contribution >= 0.6 is 0 Å². The van der Waals surface area contributed by atoms with Crippen LogP contribution in [0.3, 0.4) is 0 Å². The summed E-state index contributed by atoms with van der Waals surface area (Å²) in [5, 5.41) is 0. The molecule has 0 N–H and O–H groups in total. The van der Waals surface area contributed by atoms with Crippen LogP contribution in [0.4, 0.5) is 0 Å². The molecule has 1 saturated heterocycles. The van der Waals surface area contributed by atoms with Crippen LogP contribution in [0, 0.1) is 5.92 Å². The molecule has 0 aromatic carbocycles. The minimum atomic E-state index is -0.00396. The van der Waals surface area contributed by atoms with E-state index < -0.39 is 0 Å². The van der Waals surface area contributed by atoms with Crippen molar-refractivity contribution < 1.29 is 9.53 Å². The summed E-state index contributed by atoms with van der Waals surface area (Å²) >= 11 is 0. The van der Waals surface area contributed by atoms with Gasteiger partial charge in [0, 0.05) is 11.2 Å². The molecule has 0 aromatic rings. The molecule has 87 valence electrons. The molecule has 1 aliphatic heterocycles. The molecular formula is C13H24O2+. The number of cyclic esters (lactones) is 1. The van der Waals surface area contributed by atoms with Crippen LogP contribution in [0.15, 0.2) is 0 Å². The maximum absolute atomic E-state index is 11.4. The molecule has 2 unspecified atom stereocenters. The third-order valence-corrected chi connectivity index (χ3v) is 3.22. The van der Waals surface area contributed by atoms with Gasteiger partial charge in [0.2, 0.25) is 0 Å². The van der Waals surface area contributed by atoms with Crippen LogP contribution in [0.1, 0.15) is 65.2 Å². The van der Waals surface area contributed by atoms with Crippen molar-refractivity contribution in [3.05, 3.63) is 0 Å². The summed E-state index contributed by atoms with van der Waals surface area (Å²) in [7, 11) is 0. The minimum Gasteiger partial charge on any atom is -0.314 e. The van der Waals surface area contributed by atoms with E-state index in [2.05, 4.69) is 6.92 Å². The molecular weight excluding hydrogens is 188 g/mol. The zero-order valence-corrected chi connectivity index (χ0v) is 10.1. The summed E-state index contributed by atoms with van der Waals surface area (Å²) < 4.78 is 5.31.